The van der Waals surface area contributed by atoms with Crippen LogP contribution in [0.3, 0.4) is 0 Å². The van der Waals surface area contributed by atoms with E-state index in [0.29, 0.717) is 4.71 Å². The van der Waals surface area contributed by atoms with Crippen molar-refractivity contribution in [3.63, 3.8) is 0 Å². The number of rotatable bonds is 3. The second kappa shape index (κ2) is 5.96. The lowest BCUT2D eigenvalue weighted by molar-refractivity contribution is 0.399. The number of nitrogens with zero attached hydrogens (tertiary/aromatic N) is 2. The number of fused-ring (bicyclic) bond motifs is 1. The molecule has 0 radical (unpaired) electrons. The molecule has 2 aliphatic rings. The molecule has 98 valence electrons. The Labute approximate surface area is 121 Å². The third-order valence-electron chi connectivity index (χ3n) is 3.10. The van der Waals surface area contributed by atoms with Crippen LogP contribution in [-0.2, 0) is 0 Å². The third-order valence-corrected chi connectivity index (χ3v) is 7.74. The van der Waals surface area contributed by atoms with Gasteiger partial charge in [-0.25, -0.2) is 4.31 Å². The lowest BCUT2D eigenvalue weighted by Crippen LogP contribution is -2.39. The first-order chi connectivity index (χ1) is 8.84. The molecular weight excluding hydrogens is 282 g/mol. The molecule has 1 N–H and O–H groups in total. The van der Waals surface area contributed by atoms with E-state index >= 15 is 0 Å². The van der Waals surface area contributed by atoms with Gasteiger partial charge < -0.3 is 10.2 Å². The summed E-state index contributed by atoms with van der Waals surface area (Å²) < 4.78 is 2.95. The van der Waals surface area contributed by atoms with Crippen LogP contribution in [0.2, 0.25) is 0 Å². The van der Waals surface area contributed by atoms with Crippen LogP contribution in [0.5, 0.6) is 0 Å². The molecule has 1 fully saturated rings. The van der Waals surface area contributed by atoms with Crippen molar-refractivity contribution in [1.82, 2.24) is 9.62 Å². The van der Waals surface area contributed by atoms with Crippen molar-refractivity contribution in [2.45, 2.75) is 9.60 Å². The molecule has 0 aromatic heterocycles. The van der Waals surface area contributed by atoms with Gasteiger partial charge in [0.15, 0.2) is 0 Å². The van der Waals surface area contributed by atoms with E-state index < -0.39 is 0 Å². The highest BCUT2D eigenvalue weighted by molar-refractivity contribution is 8.77. The molecule has 1 atom stereocenters. The molecule has 1 unspecified atom stereocenters. The number of thioether (sulfide) groups is 1. The Morgan fingerprint density at radius 2 is 2.06 bits per heavy atom. The molecule has 1 aromatic carbocycles. The van der Waals surface area contributed by atoms with Crippen LogP contribution in [0, 0.1) is 0 Å². The fraction of sp³-hybridized carbons (Fsp3) is 0.500. The minimum absolute atomic E-state index is 0.488. The highest BCUT2D eigenvalue weighted by atomic mass is 33.1. The fourth-order valence-electron chi connectivity index (χ4n) is 2.05. The number of hydrogen-bond acceptors (Lipinski definition) is 6. The molecule has 1 saturated heterocycles. The Morgan fingerprint density at radius 3 is 2.83 bits per heavy atom. The first-order valence-electron chi connectivity index (χ1n) is 6.12. The van der Waals surface area contributed by atoms with E-state index in [1.807, 2.05) is 33.5 Å². The van der Waals surface area contributed by atoms with Gasteiger partial charge in [0.1, 0.15) is 4.71 Å². The number of nitrogens with one attached hydrogen (secondary N) is 1. The van der Waals surface area contributed by atoms with Crippen LogP contribution in [0.15, 0.2) is 29.2 Å². The number of piperazine rings is 1. The minimum Gasteiger partial charge on any atom is -0.352 e. The van der Waals surface area contributed by atoms with E-state index in [4.69, 9.17) is 0 Å². The summed E-state index contributed by atoms with van der Waals surface area (Å²) in [5.74, 6) is 0. The van der Waals surface area contributed by atoms with Gasteiger partial charge in [0.2, 0.25) is 0 Å². The molecule has 0 spiro atoms. The maximum absolute atomic E-state index is 3.39. The lowest BCUT2D eigenvalue weighted by Gasteiger charge is -2.27. The van der Waals surface area contributed by atoms with Crippen molar-refractivity contribution < 1.29 is 0 Å². The van der Waals surface area contributed by atoms with E-state index in [-0.39, 0.29) is 0 Å². The molecule has 0 aliphatic carbocycles. The molecule has 0 bridgehead atoms. The van der Waals surface area contributed by atoms with Crippen LogP contribution >= 0.6 is 33.5 Å². The Morgan fingerprint density at radius 1 is 1.28 bits per heavy atom. The lowest BCUT2D eigenvalue weighted by atomic mass is 10.3. The average molecular weight is 299 g/mol. The zero-order valence-electron chi connectivity index (χ0n) is 10.3. The molecule has 2 heterocycles. The summed E-state index contributed by atoms with van der Waals surface area (Å²) in [6.45, 7) is 4.51. The van der Waals surface area contributed by atoms with Gasteiger partial charge in [0.25, 0.3) is 0 Å². The maximum atomic E-state index is 3.39. The molecule has 2 aliphatic heterocycles. The van der Waals surface area contributed by atoms with E-state index in [9.17, 15) is 0 Å². The van der Waals surface area contributed by atoms with Gasteiger partial charge >= 0.3 is 0 Å². The van der Waals surface area contributed by atoms with Gasteiger partial charge in [-0.2, -0.15) is 0 Å². The van der Waals surface area contributed by atoms with E-state index in [2.05, 4.69) is 45.8 Å². The number of hydrogen-bond donors (Lipinski definition) is 1. The molecule has 1 aromatic rings. The van der Waals surface area contributed by atoms with E-state index in [0.717, 1.165) is 26.2 Å². The van der Waals surface area contributed by atoms with Crippen molar-refractivity contribution in [1.29, 1.82) is 0 Å². The maximum Gasteiger partial charge on any atom is 0.138 e. The minimum atomic E-state index is 0.488. The number of benzene rings is 1. The Balaban J connectivity index is 1.56. The third kappa shape index (κ3) is 2.77. The molecular formula is C12H17N3S3. The zero-order valence-corrected chi connectivity index (χ0v) is 12.8. The summed E-state index contributed by atoms with van der Waals surface area (Å²) in [6.07, 6.45) is 0. The topological polar surface area (TPSA) is 18.5 Å². The van der Waals surface area contributed by atoms with Gasteiger partial charge in [-0.05, 0) is 33.9 Å². The summed E-state index contributed by atoms with van der Waals surface area (Å²) in [7, 11) is 6.06. The molecule has 0 amide bonds. The summed E-state index contributed by atoms with van der Waals surface area (Å²) >= 11 is 1.96. The largest absolute Gasteiger partial charge is 0.352 e. The SMILES string of the molecule is CN1c2ccccc2SC1SSN1CCNCC1. The predicted octanol–water partition coefficient (Wildman–Crippen LogP) is 2.71. The van der Waals surface area contributed by atoms with Crippen LogP contribution in [0.1, 0.15) is 0 Å². The van der Waals surface area contributed by atoms with Crippen LogP contribution in [-0.4, -0.2) is 42.2 Å². The molecule has 0 saturated carbocycles. The van der Waals surface area contributed by atoms with Gasteiger partial charge in [0.05, 0.1) is 5.69 Å². The van der Waals surface area contributed by atoms with Crippen molar-refractivity contribution in [2.75, 3.05) is 38.1 Å². The quantitative estimate of drug-likeness (QED) is 0.678. The first kappa shape index (κ1) is 13.0. The molecule has 3 nitrogen and oxygen atoms in total. The monoisotopic (exact) mass is 299 g/mol. The highest BCUT2D eigenvalue weighted by Gasteiger charge is 2.28. The van der Waals surface area contributed by atoms with Crippen LogP contribution < -0.4 is 10.2 Å². The second-order valence-corrected chi connectivity index (χ2v) is 8.10. The highest BCUT2D eigenvalue weighted by Crippen LogP contribution is 2.50. The van der Waals surface area contributed by atoms with Gasteiger partial charge in [-0.3, -0.25) is 0 Å². The van der Waals surface area contributed by atoms with E-state index in [1.54, 1.807) is 0 Å². The normalized spacial score (nSPS) is 24.3. The average Bonchev–Trinajstić information content (AvgIpc) is 2.75. The summed E-state index contributed by atoms with van der Waals surface area (Å²) in [4.78, 5) is 3.78. The predicted molar refractivity (Wildman–Crippen MR) is 84.1 cm³/mol. The second-order valence-electron chi connectivity index (χ2n) is 4.35. The van der Waals surface area contributed by atoms with Crippen molar-refractivity contribution in [2.24, 2.45) is 0 Å². The smallest absolute Gasteiger partial charge is 0.138 e. The standard InChI is InChI=1S/C12H17N3S3/c1-14-10-4-2-3-5-11(10)16-12(14)17-18-15-8-6-13-7-9-15/h2-5,12-13H,6-9H2,1H3. The van der Waals surface area contributed by atoms with Crippen molar-refractivity contribution in [3.8, 4) is 0 Å². The summed E-state index contributed by atoms with van der Waals surface area (Å²) in [5.41, 5.74) is 1.36. The fourth-order valence-corrected chi connectivity index (χ4v) is 6.36. The number of anilines is 1. The summed E-state index contributed by atoms with van der Waals surface area (Å²) in [6, 6.07) is 8.66. The Bertz CT molecular complexity index is 409. The van der Waals surface area contributed by atoms with Crippen molar-refractivity contribution in [3.05, 3.63) is 24.3 Å². The van der Waals surface area contributed by atoms with E-state index in [1.165, 1.54) is 10.6 Å². The molecule has 6 heteroatoms. The first-order valence-corrected chi connectivity index (χ1v) is 9.17. The Hall–Kier alpha value is -0.0100. The molecule has 18 heavy (non-hydrogen) atoms. The Kier molecular flexibility index (Phi) is 4.31. The van der Waals surface area contributed by atoms with Crippen molar-refractivity contribution >= 4 is 39.2 Å². The molecule has 3 rings (SSSR count). The van der Waals surface area contributed by atoms with Gasteiger partial charge in [-0.15, -0.1) is 0 Å². The number of para-hydroxylation sites is 1. The van der Waals surface area contributed by atoms with Gasteiger partial charge in [0, 0.05) is 38.1 Å². The van der Waals surface area contributed by atoms with Gasteiger partial charge in [-0.1, -0.05) is 23.9 Å². The van der Waals surface area contributed by atoms with Crippen LogP contribution in [0.4, 0.5) is 5.69 Å². The summed E-state index contributed by atoms with van der Waals surface area (Å²) in [5, 5.41) is 3.39. The zero-order chi connectivity index (χ0) is 12.4. The van der Waals surface area contributed by atoms with Crippen LogP contribution in [0.25, 0.3) is 0 Å².